The van der Waals surface area contributed by atoms with Gasteiger partial charge >= 0.3 is 0 Å². The number of hydrogen-bond donors (Lipinski definition) is 2. The lowest BCUT2D eigenvalue weighted by Gasteiger charge is -2.21. The molecule has 2 N–H and O–H groups in total. The predicted octanol–water partition coefficient (Wildman–Crippen LogP) is 4.42. The van der Waals surface area contributed by atoms with E-state index in [1.165, 1.54) is 25.0 Å². The van der Waals surface area contributed by atoms with Gasteiger partial charge in [-0.3, -0.25) is 9.52 Å². The van der Waals surface area contributed by atoms with E-state index in [1.54, 1.807) is 36.4 Å². The Morgan fingerprint density at radius 3 is 2.44 bits per heavy atom. The zero-order chi connectivity index (χ0) is 24.0. The highest BCUT2D eigenvalue weighted by Crippen LogP contribution is 2.25. The van der Waals surface area contributed by atoms with Crippen LogP contribution in [0, 0.1) is 0 Å². The van der Waals surface area contributed by atoms with E-state index in [9.17, 15) is 13.2 Å². The van der Waals surface area contributed by atoms with Crippen LogP contribution in [-0.2, 0) is 16.6 Å². The van der Waals surface area contributed by atoms with Crippen molar-refractivity contribution in [1.29, 1.82) is 0 Å². The minimum Gasteiger partial charge on any atom is -0.494 e. The molecule has 0 saturated carbocycles. The molecule has 7 nitrogen and oxygen atoms in total. The number of rotatable bonds is 9. The number of sulfonamides is 1. The molecule has 0 bridgehead atoms. The normalized spacial score (nSPS) is 13.5. The number of carbonyl (C=O) groups excluding carboxylic acids is 1. The van der Waals surface area contributed by atoms with Gasteiger partial charge in [0.25, 0.3) is 15.9 Å². The average Bonchev–Trinajstić information content (AvgIpc) is 3.39. The van der Waals surface area contributed by atoms with E-state index < -0.39 is 10.0 Å². The van der Waals surface area contributed by atoms with E-state index in [-0.39, 0.29) is 16.4 Å². The molecule has 3 aromatic rings. The van der Waals surface area contributed by atoms with Crippen molar-refractivity contribution >= 4 is 27.3 Å². The molecule has 0 unspecified atom stereocenters. The van der Waals surface area contributed by atoms with Crippen LogP contribution in [0.2, 0.25) is 0 Å². The number of anilines is 2. The van der Waals surface area contributed by atoms with E-state index in [2.05, 4.69) is 21.0 Å². The largest absolute Gasteiger partial charge is 0.494 e. The summed E-state index contributed by atoms with van der Waals surface area (Å²) in [5.41, 5.74) is 2.87. The van der Waals surface area contributed by atoms with Gasteiger partial charge in [0.15, 0.2) is 0 Å². The van der Waals surface area contributed by atoms with Crippen molar-refractivity contribution in [2.45, 2.75) is 31.2 Å². The molecule has 178 valence electrons. The fraction of sp³-hybridized carbons (Fsp3) is 0.269. The van der Waals surface area contributed by atoms with Crippen LogP contribution in [0.3, 0.4) is 0 Å². The third kappa shape index (κ3) is 5.69. The minimum absolute atomic E-state index is 0.0199. The van der Waals surface area contributed by atoms with Gasteiger partial charge in [0.2, 0.25) is 0 Å². The van der Waals surface area contributed by atoms with Crippen LogP contribution < -0.4 is 19.7 Å². The second kappa shape index (κ2) is 10.6. The maximum atomic E-state index is 12.9. The van der Waals surface area contributed by atoms with Crippen LogP contribution in [0.25, 0.3) is 0 Å². The third-order valence-electron chi connectivity index (χ3n) is 5.70. The van der Waals surface area contributed by atoms with Crippen molar-refractivity contribution in [3.05, 3.63) is 83.9 Å². The van der Waals surface area contributed by atoms with Crippen LogP contribution in [0.1, 0.15) is 35.7 Å². The fourth-order valence-electron chi connectivity index (χ4n) is 4.01. The van der Waals surface area contributed by atoms with Gasteiger partial charge in [0.1, 0.15) is 5.75 Å². The highest BCUT2D eigenvalue weighted by Gasteiger charge is 2.18. The van der Waals surface area contributed by atoms with E-state index in [4.69, 9.17) is 4.74 Å². The van der Waals surface area contributed by atoms with Gasteiger partial charge < -0.3 is 15.0 Å². The maximum Gasteiger partial charge on any atom is 0.261 e. The summed E-state index contributed by atoms with van der Waals surface area (Å²) < 4.78 is 33.7. The number of para-hydroxylation sites is 1. The number of benzene rings is 3. The standard InChI is InChI=1S/C26H29N3O4S/c1-2-33-23-14-12-22(13-15-23)28-34(31,32)24-10-7-9-20(18-24)26(30)27-19-21-8-3-4-11-25(21)29-16-5-6-17-29/h3-4,7-15,18,28H,2,5-6,16-17,19H2,1H3,(H,27,30). The van der Waals surface area contributed by atoms with E-state index in [0.717, 1.165) is 24.3 Å². The lowest BCUT2D eigenvalue weighted by atomic mass is 10.1. The van der Waals surface area contributed by atoms with Crippen molar-refractivity contribution in [2.75, 3.05) is 29.3 Å². The predicted molar refractivity (Wildman–Crippen MR) is 134 cm³/mol. The highest BCUT2D eigenvalue weighted by atomic mass is 32.2. The molecule has 0 aliphatic carbocycles. The highest BCUT2D eigenvalue weighted by molar-refractivity contribution is 7.92. The smallest absolute Gasteiger partial charge is 0.261 e. The van der Waals surface area contributed by atoms with Crippen molar-refractivity contribution < 1.29 is 17.9 Å². The van der Waals surface area contributed by atoms with E-state index in [0.29, 0.717) is 24.6 Å². The van der Waals surface area contributed by atoms with Crippen LogP contribution >= 0.6 is 0 Å². The molecule has 0 atom stereocenters. The summed E-state index contributed by atoms with van der Waals surface area (Å²) in [4.78, 5) is 15.2. The quantitative estimate of drug-likeness (QED) is 0.475. The van der Waals surface area contributed by atoms with Gasteiger partial charge in [0.05, 0.1) is 11.5 Å². The molecule has 1 heterocycles. The van der Waals surface area contributed by atoms with Crippen LogP contribution in [-0.4, -0.2) is 34.0 Å². The summed E-state index contributed by atoms with van der Waals surface area (Å²) in [5, 5.41) is 2.93. The van der Waals surface area contributed by atoms with Crippen molar-refractivity contribution in [3.8, 4) is 5.75 Å². The lowest BCUT2D eigenvalue weighted by Crippen LogP contribution is -2.26. The van der Waals surface area contributed by atoms with Crippen molar-refractivity contribution in [1.82, 2.24) is 5.32 Å². The molecular formula is C26H29N3O4S. The van der Waals surface area contributed by atoms with Crippen molar-refractivity contribution in [2.24, 2.45) is 0 Å². The number of nitrogens with zero attached hydrogens (tertiary/aromatic N) is 1. The molecule has 1 aliphatic heterocycles. The first-order valence-electron chi connectivity index (χ1n) is 11.4. The average molecular weight is 480 g/mol. The summed E-state index contributed by atoms with van der Waals surface area (Å²) in [5.74, 6) is 0.338. The molecule has 1 amide bonds. The molecule has 0 radical (unpaired) electrons. The molecule has 0 spiro atoms. The van der Waals surface area contributed by atoms with Gasteiger partial charge in [0, 0.05) is 36.6 Å². The minimum atomic E-state index is -3.86. The zero-order valence-electron chi connectivity index (χ0n) is 19.2. The Balaban J connectivity index is 1.44. The number of amides is 1. The van der Waals surface area contributed by atoms with Crippen LogP contribution in [0.5, 0.6) is 5.75 Å². The molecule has 1 aliphatic rings. The number of hydrogen-bond acceptors (Lipinski definition) is 5. The second-order valence-corrected chi connectivity index (χ2v) is 9.78. The molecule has 3 aromatic carbocycles. The monoisotopic (exact) mass is 479 g/mol. The summed E-state index contributed by atoms with van der Waals surface area (Å²) in [6.45, 7) is 4.82. The Hall–Kier alpha value is -3.52. The van der Waals surface area contributed by atoms with Crippen LogP contribution in [0.15, 0.2) is 77.7 Å². The molecular weight excluding hydrogens is 450 g/mol. The summed E-state index contributed by atoms with van der Waals surface area (Å²) >= 11 is 0. The van der Waals surface area contributed by atoms with Gasteiger partial charge in [-0.2, -0.15) is 0 Å². The van der Waals surface area contributed by atoms with Gasteiger partial charge in [-0.25, -0.2) is 8.42 Å². The SMILES string of the molecule is CCOc1ccc(NS(=O)(=O)c2cccc(C(=O)NCc3ccccc3N3CCCC3)c2)cc1. The van der Waals surface area contributed by atoms with Crippen molar-refractivity contribution in [3.63, 3.8) is 0 Å². The number of ether oxygens (including phenoxy) is 1. The molecule has 0 aromatic heterocycles. The number of nitrogens with one attached hydrogen (secondary N) is 2. The molecule has 1 saturated heterocycles. The molecule has 1 fully saturated rings. The number of carbonyl (C=O) groups is 1. The van der Waals surface area contributed by atoms with Gasteiger partial charge in [-0.1, -0.05) is 24.3 Å². The topological polar surface area (TPSA) is 87.7 Å². The lowest BCUT2D eigenvalue weighted by molar-refractivity contribution is 0.0950. The maximum absolute atomic E-state index is 12.9. The third-order valence-corrected chi connectivity index (χ3v) is 7.08. The van der Waals surface area contributed by atoms with Crippen LogP contribution in [0.4, 0.5) is 11.4 Å². The Kier molecular flexibility index (Phi) is 7.37. The first kappa shape index (κ1) is 23.6. The molecule has 34 heavy (non-hydrogen) atoms. The summed E-state index contributed by atoms with van der Waals surface area (Å²) in [6.07, 6.45) is 2.35. The first-order chi connectivity index (χ1) is 16.5. The van der Waals surface area contributed by atoms with Gasteiger partial charge in [-0.05, 0) is 73.9 Å². The Morgan fingerprint density at radius 2 is 1.71 bits per heavy atom. The van der Waals surface area contributed by atoms with E-state index >= 15 is 0 Å². The molecule has 8 heteroatoms. The molecule has 4 rings (SSSR count). The Bertz CT molecular complexity index is 1240. The second-order valence-electron chi connectivity index (χ2n) is 8.10. The Labute approximate surface area is 200 Å². The summed E-state index contributed by atoms with van der Waals surface area (Å²) in [7, 11) is -3.86. The zero-order valence-corrected chi connectivity index (χ0v) is 20.0. The van der Waals surface area contributed by atoms with Gasteiger partial charge in [-0.15, -0.1) is 0 Å². The first-order valence-corrected chi connectivity index (χ1v) is 12.9. The summed E-state index contributed by atoms with van der Waals surface area (Å²) in [6, 6.07) is 20.8. The van der Waals surface area contributed by atoms with E-state index in [1.807, 2.05) is 25.1 Å². The fourth-order valence-corrected chi connectivity index (χ4v) is 5.11. The Morgan fingerprint density at radius 1 is 0.971 bits per heavy atom.